The van der Waals surface area contributed by atoms with Crippen molar-refractivity contribution < 1.29 is 14.0 Å². The summed E-state index contributed by atoms with van der Waals surface area (Å²) >= 11 is 0. The van der Waals surface area contributed by atoms with Crippen LogP contribution in [0, 0.1) is 11.7 Å². The summed E-state index contributed by atoms with van der Waals surface area (Å²) in [6.45, 7) is 1.74. The largest absolute Gasteiger partial charge is 0.366 e. The molecule has 1 aliphatic heterocycles. The number of amides is 2. The van der Waals surface area contributed by atoms with E-state index in [1.165, 1.54) is 44.2 Å². The number of hydrogen-bond acceptors (Lipinski definition) is 3. The highest BCUT2D eigenvalue weighted by Crippen LogP contribution is 2.28. The number of nitrogens with two attached hydrogens (primary N) is 1. The second kappa shape index (κ2) is 7.30. The Morgan fingerprint density at radius 3 is 2.62 bits per heavy atom. The van der Waals surface area contributed by atoms with E-state index < -0.39 is 11.7 Å². The number of carbonyl (C=O) groups excluding carboxylic acids is 2. The van der Waals surface area contributed by atoms with Gasteiger partial charge in [0.1, 0.15) is 5.82 Å². The second-order valence-corrected chi connectivity index (χ2v) is 6.82. The standard InChI is InChI=1S/C18H24FN3O2/c19-16-7-6-13(10-15(16)17(20)23)21-18(24)12-8-9-22(11-12)14-4-2-1-3-5-14/h6-7,10,12,14H,1-5,8-9,11H2,(H2,20,23)(H,21,24)/t12-/m1/s1. The van der Waals surface area contributed by atoms with E-state index in [0.717, 1.165) is 25.6 Å². The second-order valence-electron chi connectivity index (χ2n) is 6.82. The molecule has 2 fully saturated rings. The third kappa shape index (κ3) is 3.75. The van der Waals surface area contributed by atoms with Crippen molar-refractivity contribution in [1.29, 1.82) is 0 Å². The highest BCUT2D eigenvalue weighted by Gasteiger charge is 2.32. The van der Waals surface area contributed by atoms with Crippen molar-refractivity contribution in [2.75, 3.05) is 18.4 Å². The minimum Gasteiger partial charge on any atom is -0.366 e. The van der Waals surface area contributed by atoms with Gasteiger partial charge in [-0.1, -0.05) is 19.3 Å². The zero-order valence-electron chi connectivity index (χ0n) is 13.8. The molecule has 1 saturated carbocycles. The molecular formula is C18H24FN3O2. The Kier molecular flexibility index (Phi) is 5.14. The van der Waals surface area contributed by atoms with Gasteiger partial charge in [0.05, 0.1) is 11.5 Å². The topological polar surface area (TPSA) is 75.4 Å². The summed E-state index contributed by atoms with van der Waals surface area (Å²) in [6, 6.07) is 4.51. The molecule has 5 nitrogen and oxygen atoms in total. The fourth-order valence-electron chi connectivity index (χ4n) is 3.82. The molecule has 1 atom stereocenters. The minimum absolute atomic E-state index is 0.0611. The first-order valence-electron chi connectivity index (χ1n) is 8.69. The summed E-state index contributed by atoms with van der Waals surface area (Å²) in [5.41, 5.74) is 5.34. The Morgan fingerprint density at radius 2 is 1.92 bits per heavy atom. The highest BCUT2D eigenvalue weighted by molar-refractivity contribution is 5.97. The van der Waals surface area contributed by atoms with E-state index in [1.54, 1.807) is 0 Å². The third-order valence-corrected chi connectivity index (χ3v) is 5.18. The van der Waals surface area contributed by atoms with Crippen LogP contribution in [-0.2, 0) is 4.79 Å². The van der Waals surface area contributed by atoms with Crippen molar-refractivity contribution in [3.63, 3.8) is 0 Å². The monoisotopic (exact) mass is 333 g/mol. The molecule has 1 aromatic rings. The first-order valence-corrected chi connectivity index (χ1v) is 8.69. The van der Waals surface area contributed by atoms with Crippen LogP contribution in [0.25, 0.3) is 0 Å². The molecule has 1 aliphatic carbocycles. The van der Waals surface area contributed by atoms with Crippen molar-refractivity contribution in [2.24, 2.45) is 11.7 Å². The molecular weight excluding hydrogens is 309 g/mol. The molecule has 3 N–H and O–H groups in total. The van der Waals surface area contributed by atoms with Crippen LogP contribution in [0.15, 0.2) is 18.2 Å². The van der Waals surface area contributed by atoms with Gasteiger partial charge in [0.2, 0.25) is 5.91 Å². The fraction of sp³-hybridized carbons (Fsp3) is 0.556. The molecule has 0 spiro atoms. The fourth-order valence-corrected chi connectivity index (χ4v) is 3.82. The van der Waals surface area contributed by atoms with Crippen LogP contribution in [0.4, 0.5) is 10.1 Å². The van der Waals surface area contributed by atoms with Gasteiger partial charge in [-0.15, -0.1) is 0 Å². The van der Waals surface area contributed by atoms with Crippen LogP contribution in [0.1, 0.15) is 48.9 Å². The van der Waals surface area contributed by atoms with Gasteiger partial charge in [0, 0.05) is 18.3 Å². The lowest BCUT2D eigenvalue weighted by atomic mass is 9.94. The van der Waals surface area contributed by atoms with Crippen LogP contribution in [0.5, 0.6) is 0 Å². The number of halogens is 1. The Morgan fingerprint density at radius 1 is 1.17 bits per heavy atom. The quantitative estimate of drug-likeness (QED) is 0.889. The maximum Gasteiger partial charge on any atom is 0.251 e. The van der Waals surface area contributed by atoms with Gasteiger partial charge in [-0.05, 0) is 44.0 Å². The van der Waals surface area contributed by atoms with E-state index in [9.17, 15) is 14.0 Å². The maximum atomic E-state index is 13.5. The van der Waals surface area contributed by atoms with Gasteiger partial charge in [0.15, 0.2) is 0 Å². The number of benzene rings is 1. The Balaban J connectivity index is 1.59. The van der Waals surface area contributed by atoms with Crippen molar-refractivity contribution in [3.8, 4) is 0 Å². The Bertz CT molecular complexity index is 629. The summed E-state index contributed by atoms with van der Waals surface area (Å²) in [7, 11) is 0. The van der Waals surface area contributed by atoms with Crippen LogP contribution in [-0.4, -0.2) is 35.8 Å². The van der Waals surface area contributed by atoms with E-state index in [4.69, 9.17) is 5.73 Å². The van der Waals surface area contributed by atoms with Gasteiger partial charge < -0.3 is 11.1 Å². The van der Waals surface area contributed by atoms with Crippen molar-refractivity contribution in [2.45, 2.75) is 44.6 Å². The zero-order valence-corrected chi connectivity index (χ0v) is 13.8. The summed E-state index contributed by atoms with van der Waals surface area (Å²) in [5.74, 6) is -1.65. The first kappa shape index (κ1) is 16.9. The predicted molar refractivity (Wildman–Crippen MR) is 90.1 cm³/mol. The average Bonchev–Trinajstić information content (AvgIpc) is 3.07. The molecule has 2 amide bonds. The van der Waals surface area contributed by atoms with Gasteiger partial charge in [0.25, 0.3) is 5.91 Å². The van der Waals surface area contributed by atoms with Crippen molar-refractivity contribution >= 4 is 17.5 Å². The molecule has 0 unspecified atom stereocenters. The van der Waals surface area contributed by atoms with E-state index in [-0.39, 0.29) is 17.4 Å². The van der Waals surface area contributed by atoms with Gasteiger partial charge in [-0.3, -0.25) is 14.5 Å². The Labute approximate surface area is 141 Å². The summed E-state index contributed by atoms with van der Waals surface area (Å²) in [6.07, 6.45) is 7.18. The molecule has 0 bridgehead atoms. The van der Waals surface area contributed by atoms with Gasteiger partial charge >= 0.3 is 0 Å². The normalized spacial score (nSPS) is 22.5. The molecule has 0 aromatic heterocycles. The number of rotatable bonds is 4. The number of likely N-dealkylation sites (tertiary alicyclic amines) is 1. The number of primary amides is 1. The molecule has 1 saturated heterocycles. The van der Waals surface area contributed by atoms with E-state index in [0.29, 0.717) is 11.7 Å². The zero-order chi connectivity index (χ0) is 17.1. The minimum atomic E-state index is -0.840. The van der Waals surface area contributed by atoms with Crippen molar-refractivity contribution in [3.05, 3.63) is 29.6 Å². The van der Waals surface area contributed by atoms with Gasteiger partial charge in [-0.2, -0.15) is 0 Å². The summed E-state index contributed by atoms with van der Waals surface area (Å²) in [5, 5.41) is 2.79. The number of carbonyl (C=O) groups is 2. The summed E-state index contributed by atoms with van der Waals surface area (Å²) in [4.78, 5) is 26.1. The number of nitrogens with zero attached hydrogens (tertiary/aromatic N) is 1. The lowest BCUT2D eigenvalue weighted by Crippen LogP contribution is -2.36. The lowest BCUT2D eigenvalue weighted by molar-refractivity contribution is -0.119. The van der Waals surface area contributed by atoms with Crippen LogP contribution in [0.2, 0.25) is 0 Å². The van der Waals surface area contributed by atoms with E-state index in [2.05, 4.69) is 10.2 Å². The first-order chi connectivity index (χ1) is 11.5. The average molecular weight is 333 g/mol. The molecule has 3 rings (SSSR count). The van der Waals surface area contributed by atoms with E-state index in [1.807, 2.05) is 0 Å². The molecule has 2 aliphatic rings. The van der Waals surface area contributed by atoms with Crippen molar-refractivity contribution in [1.82, 2.24) is 4.90 Å². The third-order valence-electron chi connectivity index (χ3n) is 5.18. The van der Waals surface area contributed by atoms with Gasteiger partial charge in [-0.25, -0.2) is 4.39 Å². The van der Waals surface area contributed by atoms with Crippen LogP contribution in [0.3, 0.4) is 0 Å². The molecule has 130 valence electrons. The van der Waals surface area contributed by atoms with Crippen LogP contribution >= 0.6 is 0 Å². The Hall–Kier alpha value is -1.95. The highest BCUT2D eigenvalue weighted by atomic mass is 19.1. The van der Waals surface area contributed by atoms with E-state index >= 15 is 0 Å². The molecule has 1 heterocycles. The van der Waals surface area contributed by atoms with Crippen LogP contribution < -0.4 is 11.1 Å². The predicted octanol–water partition coefficient (Wildman–Crippen LogP) is 2.52. The summed E-state index contributed by atoms with van der Waals surface area (Å²) < 4.78 is 13.5. The molecule has 24 heavy (non-hydrogen) atoms. The number of nitrogens with one attached hydrogen (secondary N) is 1. The number of anilines is 1. The number of hydrogen-bond donors (Lipinski definition) is 2. The molecule has 0 radical (unpaired) electrons. The molecule has 1 aromatic carbocycles. The smallest absolute Gasteiger partial charge is 0.251 e. The molecule has 6 heteroatoms. The lowest BCUT2D eigenvalue weighted by Gasteiger charge is -2.30. The SMILES string of the molecule is NC(=O)c1cc(NC(=O)[C@@H]2CCN(C3CCCCC3)C2)ccc1F. The maximum absolute atomic E-state index is 13.5.